The fraction of sp³-hybridized carbons (Fsp3) is 0.235. The van der Waals surface area contributed by atoms with Crippen LogP contribution in [0.3, 0.4) is 0 Å². The number of hydrogen-bond acceptors (Lipinski definition) is 5. The van der Waals surface area contributed by atoms with Gasteiger partial charge in [-0.1, -0.05) is 6.07 Å². The number of urea groups is 1. The molecule has 1 aromatic heterocycles. The number of anilines is 2. The maximum absolute atomic E-state index is 12.1. The molecule has 0 unspecified atom stereocenters. The summed E-state index contributed by atoms with van der Waals surface area (Å²) < 4.78 is 6.50. The van der Waals surface area contributed by atoms with E-state index in [-0.39, 0.29) is 6.10 Å². The predicted octanol–water partition coefficient (Wildman–Crippen LogP) is 3.02. The third kappa shape index (κ3) is 4.54. The predicted molar refractivity (Wildman–Crippen MR) is 97.3 cm³/mol. The molecule has 1 atom stereocenters. The molecule has 3 rings (SSSR count). The topological polar surface area (TPSA) is 99.1 Å². The highest BCUT2D eigenvalue weighted by Gasteiger charge is 2.17. The third-order valence-electron chi connectivity index (χ3n) is 3.68. The summed E-state index contributed by atoms with van der Waals surface area (Å²) >= 11 is 3.48. The van der Waals surface area contributed by atoms with Crippen LogP contribution in [0.15, 0.2) is 41.0 Å². The molecular formula is C17H16BrN5O2. The SMILES string of the molecule is N#Cc1ccc(NC(=O)Nc2ccc([C@@H]3CNCCO3)cc2Br)cn1. The molecule has 7 nitrogen and oxygen atoms in total. The molecule has 128 valence electrons. The molecule has 0 spiro atoms. The van der Waals surface area contributed by atoms with Gasteiger partial charge in [0.25, 0.3) is 0 Å². The van der Waals surface area contributed by atoms with Gasteiger partial charge in [-0.15, -0.1) is 0 Å². The first-order chi connectivity index (χ1) is 12.2. The fourth-order valence-corrected chi connectivity index (χ4v) is 2.93. The minimum Gasteiger partial charge on any atom is -0.371 e. The third-order valence-corrected chi connectivity index (χ3v) is 4.33. The summed E-state index contributed by atoms with van der Waals surface area (Å²) in [5, 5.41) is 17.5. The second-order valence-electron chi connectivity index (χ2n) is 5.43. The van der Waals surface area contributed by atoms with Gasteiger partial charge in [0, 0.05) is 17.6 Å². The lowest BCUT2D eigenvalue weighted by Crippen LogP contribution is -2.33. The average Bonchev–Trinajstić information content (AvgIpc) is 2.65. The number of nitrogens with zero attached hydrogens (tertiary/aromatic N) is 2. The van der Waals surface area contributed by atoms with Crippen LogP contribution in [0.2, 0.25) is 0 Å². The molecular weight excluding hydrogens is 386 g/mol. The number of hydrogen-bond donors (Lipinski definition) is 3. The average molecular weight is 402 g/mol. The summed E-state index contributed by atoms with van der Waals surface area (Å²) in [6, 6.07) is 10.4. The maximum atomic E-state index is 12.1. The smallest absolute Gasteiger partial charge is 0.323 e. The van der Waals surface area contributed by atoms with Gasteiger partial charge in [0.1, 0.15) is 11.8 Å². The number of carbonyl (C=O) groups is 1. The largest absolute Gasteiger partial charge is 0.371 e. The highest BCUT2D eigenvalue weighted by Crippen LogP contribution is 2.28. The molecule has 1 aromatic carbocycles. The summed E-state index contributed by atoms with van der Waals surface area (Å²) in [6.45, 7) is 2.32. The molecule has 1 aliphatic rings. The number of halogens is 1. The number of rotatable bonds is 3. The fourth-order valence-electron chi connectivity index (χ4n) is 2.43. The van der Waals surface area contributed by atoms with E-state index in [1.54, 1.807) is 12.1 Å². The molecule has 2 aromatic rings. The molecule has 1 saturated heterocycles. The van der Waals surface area contributed by atoms with Crippen molar-refractivity contribution in [3.05, 3.63) is 52.3 Å². The van der Waals surface area contributed by atoms with Crippen LogP contribution in [0.1, 0.15) is 17.4 Å². The van der Waals surface area contributed by atoms with Gasteiger partial charge in [-0.05, 0) is 45.8 Å². The highest BCUT2D eigenvalue weighted by atomic mass is 79.9. The van der Waals surface area contributed by atoms with Crippen LogP contribution in [0.4, 0.5) is 16.2 Å². The van der Waals surface area contributed by atoms with E-state index < -0.39 is 6.03 Å². The van der Waals surface area contributed by atoms with E-state index in [4.69, 9.17) is 10.00 Å². The Hall–Kier alpha value is -2.47. The summed E-state index contributed by atoms with van der Waals surface area (Å²) in [5.74, 6) is 0. The number of benzene rings is 1. The molecule has 0 saturated carbocycles. The van der Waals surface area contributed by atoms with Gasteiger partial charge in [-0.25, -0.2) is 9.78 Å². The Labute approximate surface area is 153 Å². The minimum absolute atomic E-state index is 0.0117. The molecule has 25 heavy (non-hydrogen) atoms. The van der Waals surface area contributed by atoms with Crippen molar-refractivity contribution in [1.82, 2.24) is 10.3 Å². The maximum Gasteiger partial charge on any atom is 0.323 e. The van der Waals surface area contributed by atoms with E-state index in [0.717, 1.165) is 23.1 Å². The molecule has 0 aliphatic carbocycles. The second-order valence-corrected chi connectivity index (χ2v) is 6.28. The lowest BCUT2D eigenvalue weighted by atomic mass is 10.1. The standard InChI is InChI=1S/C17H16BrN5O2/c18-14-7-11(16-10-20-5-6-25-16)1-4-15(14)23-17(24)22-13-3-2-12(8-19)21-9-13/h1-4,7,9,16,20H,5-6,10H2,(H2,22,23,24)/t16-/m0/s1. The number of nitrogens with one attached hydrogen (secondary N) is 3. The number of morpholine rings is 1. The Bertz CT molecular complexity index is 798. The summed E-state index contributed by atoms with van der Waals surface area (Å²) in [6.07, 6.45) is 1.45. The second kappa shape index (κ2) is 8.07. The summed E-state index contributed by atoms with van der Waals surface area (Å²) in [7, 11) is 0. The van der Waals surface area contributed by atoms with Crippen LogP contribution >= 0.6 is 15.9 Å². The Kier molecular flexibility index (Phi) is 5.60. The molecule has 0 bridgehead atoms. The highest BCUT2D eigenvalue weighted by molar-refractivity contribution is 9.10. The van der Waals surface area contributed by atoms with Gasteiger partial charge in [0.2, 0.25) is 0 Å². The van der Waals surface area contributed by atoms with Crippen molar-refractivity contribution in [3.63, 3.8) is 0 Å². The van der Waals surface area contributed by atoms with E-state index in [1.165, 1.54) is 6.20 Å². The van der Waals surface area contributed by atoms with Crippen molar-refractivity contribution in [3.8, 4) is 6.07 Å². The summed E-state index contributed by atoms with van der Waals surface area (Å²) in [5.41, 5.74) is 2.49. The van der Waals surface area contributed by atoms with Crippen molar-refractivity contribution in [2.75, 3.05) is 30.3 Å². The van der Waals surface area contributed by atoms with Gasteiger partial charge >= 0.3 is 6.03 Å². The van der Waals surface area contributed by atoms with Crippen molar-refractivity contribution < 1.29 is 9.53 Å². The monoisotopic (exact) mass is 401 g/mol. The molecule has 2 heterocycles. The molecule has 8 heteroatoms. The zero-order valence-corrected chi connectivity index (χ0v) is 14.8. The quantitative estimate of drug-likeness (QED) is 0.733. The van der Waals surface area contributed by atoms with Gasteiger partial charge in [-0.3, -0.25) is 0 Å². The summed E-state index contributed by atoms with van der Waals surface area (Å²) in [4.78, 5) is 16.0. The Morgan fingerprint density at radius 1 is 1.36 bits per heavy atom. The van der Waals surface area contributed by atoms with E-state index in [9.17, 15) is 4.79 Å². The van der Waals surface area contributed by atoms with E-state index >= 15 is 0 Å². The van der Waals surface area contributed by atoms with Gasteiger partial charge in [0.15, 0.2) is 0 Å². The van der Waals surface area contributed by atoms with Crippen LogP contribution in [0, 0.1) is 11.3 Å². The number of carbonyl (C=O) groups excluding carboxylic acids is 1. The lowest BCUT2D eigenvalue weighted by Gasteiger charge is -2.24. The van der Waals surface area contributed by atoms with Gasteiger partial charge < -0.3 is 20.7 Å². The van der Waals surface area contributed by atoms with E-state index in [2.05, 4.69) is 36.9 Å². The zero-order valence-electron chi connectivity index (χ0n) is 13.3. The normalized spacial score (nSPS) is 16.7. The van der Waals surface area contributed by atoms with Crippen LogP contribution in [-0.4, -0.2) is 30.7 Å². The number of ether oxygens (including phenoxy) is 1. The first-order valence-corrected chi connectivity index (χ1v) is 8.51. The number of aromatic nitrogens is 1. The minimum atomic E-state index is -0.393. The zero-order chi connectivity index (χ0) is 17.6. The molecule has 2 amide bonds. The Balaban J connectivity index is 1.63. The van der Waals surface area contributed by atoms with Crippen LogP contribution in [0.5, 0.6) is 0 Å². The first-order valence-electron chi connectivity index (χ1n) is 7.71. The molecule has 1 fully saturated rings. The van der Waals surface area contributed by atoms with Crippen molar-refractivity contribution in [1.29, 1.82) is 5.26 Å². The first kappa shape index (κ1) is 17.4. The molecule has 3 N–H and O–H groups in total. The van der Waals surface area contributed by atoms with Gasteiger partial charge in [0.05, 0.1) is 30.3 Å². The number of pyridine rings is 1. The lowest BCUT2D eigenvalue weighted by molar-refractivity contribution is 0.0277. The van der Waals surface area contributed by atoms with Crippen molar-refractivity contribution in [2.24, 2.45) is 0 Å². The molecule has 0 radical (unpaired) electrons. The van der Waals surface area contributed by atoms with E-state index in [0.29, 0.717) is 23.7 Å². The van der Waals surface area contributed by atoms with Gasteiger partial charge in [-0.2, -0.15) is 5.26 Å². The van der Waals surface area contributed by atoms with Crippen LogP contribution < -0.4 is 16.0 Å². The van der Waals surface area contributed by atoms with Crippen molar-refractivity contribution >= 4 is 33.3 Å². The van der Waals surface area contributed by atoms with Crippen LogP contribution in [-0.2, 0) is 4.74 Å². The Morgan fingerprint density at radius 3 is 2.88 bits per heavy atom. The number of nitriles is 1. The van der Waals surface area contributed by atoms with E-state index in [1.807, 2.05) is 24.3 Å². The Morgan fingerprint density at radius 2 is 2.24 bits per heavy atom. The molecule has 1 aliphatic heterocycles. The van der Waals surface area contributed by atoms with Crippen LogP contribution in [0.25, 0.3) is 0 Å². The number of amides is 2. The van der Waals surface area contributed by atoms with Crippen molar-refractivity contribution in [2.45, 2.75) is 6.10 Å².